The normalized spacial score (nSPS) is 12.6. The van der Waals surface area contributed by atoms with Gasteiger partial charge in [-0.2, -0.15) is 0 Å². The minimum atomic E-state index is -4.72. The van der Waals surface area contributed by atoms with Crippen molar-refractivity contribution in [1.29, 1.82) is 0 Å². The van der Waals surface area contributed by atoms with Gasteiger partial charge in [0.15, 0.2) is 0 Å². The average Bonchev–Trinajstić information content (AvgIpc) is 2.47. The molecule has 0 aliphatic rings. The molecule has 0 fully saturated rings. The predicted molar refractivity (Wildman–Crippen MR) is 79.8 cm³/mol. The first-order chi connectivity index (χ1) is 10.7. The molecule has 0 aromatic heterocycles. The molecule has 1 amide bonds. The molecule has 0 aliphatic carbocycles. The predicted octanol–water partition coefficient (Wildman–Crippen LogP) is 3.52. The first kappa shape index (κ1) is 19.0. The summed E-state index contributed by atoms with van der Waals surface area (Å²) in [7, 11) is 1.61. The number of nitrogens with zero attached hydrogens (tertiary/aromatic N) is 1. The topological polar surface area (TPSA) is 38.8 Å². The van der Waals surface area contributed by atoms with Crippen molar-refractivity contribution < 1.29 is 27.4 Å². The molecular formula is C16H20F3NO3. The summed E-state index contributed by atoms with van der Waals surface area (Å²) in [5, 5.41) is 0. The van der Waals surface area contributed by atoms with Crippen LogP contribution in [-0.2, 0) is 16.1 Å². The van der Waals surface area contributed by atoms with Crippen molar-refractivity contribution in [1.82, 2.24) is 4.90 Å². The van der Waals surface area contributed by atoms with Gasteiger partial charge in [-0.15, -0.1) is 19.8 Å². The molecule has 0 spiro atoms. The van der Waals surface area contributed by atoms with Gasteiger partial charge in [-0.25, -0.2) is 0 Å². The molecule has 0 heterocycles. The van der Waals surface area contributed by atoms with Crippen LogP contribution >= 0.6 is 0 Å². The summed E-state index contributed by atoms with van der Waals surface area (Å²) in [4.78, 5) is 13.6. The fourth-order valence-electron chi connectivity index (χ4n) is 1.86. The average molecular weight is 331 g/mol. The van der Waals surface area contributed by atoms with Crippen LogP contribution in [0.15, 0.2) is 36.9 Å². The number of rotatable bonds is 8. The molecular weight excluding hydrogens is 311 g/mol. The number of benzene rings is 1. The summed E-state index contributed by atoms with van der Waals surface area (Å²) in [6.45, 7) is 5.90. The highest BCUT2D eigenvalue weighted by atomic mass is 19.4. The number of hydrogen-bond acceptors (Lipinski definition) is 3. The van der Waals surface area contributed by atoms with Crippen molar-refractivity contribution in [3.8, 4) is 5.75 Å². The Morgan fingerprint density at radius 3 is 2.48 bits per heavy atom. The van der Waals surface area contributed by atoms with Gasteiger partial charge in [-0.3, -0.25) is 4.79 Å². The van der Waals surface area contributed by atoms with Crippen LogP contribution in [0.1, 0.15) is 18.9 Å². The van der Waals surface area contributed by atoms with Gasteiger partial charge in [-0.05, 0) is 31.0 Å². The molecule has 0 N–H and O–H groups in total. The van der Waals surface area contributed by atoms with Gasteiger partial charge < -0.3 is 14.4 Å². The van der Waals surface area contributed by atoms with E-state index in [0.717, 1.165) is 0 Å². The van der Waals surface area contributed by atoms with E-state index in [2.05, 4.69) is 11.3 Å². The Kier molecular flexibility index (Phi) is 7.09. The number of halogens is 3. The molecule has 0 radical (unpaired) electrons. The second-order valence-corrected chi connectivity index (χ2v) is 4.98. The number of hydrogen-bond donors (Lipinski definition) is 0. The number of ether oxygens (including phenoxy) is 2. The second kappa shape index (κ2) is 8.57. The Morgan fingerprint density at radius 2 is 1.96 bits per heavy atom. The smallest absolute Gasteiger partial charge is 0.406 e. The van der Waals surface area contributed by atoms with E-state index in [-0.39, 0.29) is 18.2 Å². The van der Waals surface area contributed by atoms with E-state index < -0.39 is 12.5 Å². The van der Waals surface area contributed by atoms with Gasteiger partial charge in [0.25, 0.3) is 5.91 Å². The van der Waals surface area contributed by atoms with Gasteiger partial charge >= 0.3 is 6.36 Å². The summed E-state index contributed by atoms with van der Waals surface area (Å²) in [5.74, 6) is -0.499. The van der Waals surface area contributed by atoms with E-state index in [0.29, 0.717) is 18.6 Å². The van der Waals surface area contributed by atoms with Crippen molar-refractivity contribution in [3.63, 3.8) is 0 Å². The van der Waals surface area contributed by atoms with Crippen LogP contribution in [-0.4, -0.2) is 36.9 Å². The van der Waals surface area contributed by atoms with Crippen molar-refractivity contribution in [2.75, 3.05) is 13.7 Å². The number of carbonyl (C=O) groups excluding carboxylic acids is 1. The molecule has 1 unspecified atom stereocenters. The summed E-state index contributed by atoms with van der Waals surface area (Å²) < 4.78 is 45.4. The number of amides is 1. The molecule has 23 heavy (non-hydrogen) atoms. The van der Waals surface area contributed by atoms with E-state index in [1.807, 2.05) is 0 Å². The van der Waals surface area contributed by atoms with Gasteiger partial charge in [0.05, 0.1) is 6.61 Å². The molecule has 1 rings (SSSR count). The highest BCUT2D eigenvalue weighted by molar-refractivity contribution is 5.80. The van der Waals surface area contributed by atoms with Gasteiger partial charge in [0.1, 0.15) is 11.9 Å². The lowest BCUT2D eigenvalue weighted by Crippen LogP contribution is -2.36. The van der Waals surface area contributed by atoms with Crippen molar-refractivity contribution in [3.05, 3.63) is 42.5 Å². The Bertz CT molecular complexity index is 514. The summed E-state index contributed by atoms with van der Waals surface area (Å²) in [5.41, 5.74) is 0.689. The molecule has 7 heteroatoms. The molecule has 128 valence electrons. The van der Waals surface area contributed by atoms with Crippen molar-refractivity contribution in [2.24, 2.45) is 0 Å². The zero-order valence-electron chi connectivity index (χ0n) is 13.1. The summed E-state index contributed by atoms with van der Waals surface area (Å²) >= 11 is 0. The Hall–Kier alpha value is -2.02. The summed E-state index contributed by atoms with van der Waals surface area (Å²) in [6.07, 6.45) is -2.95. The monoisotopic (exact) mass is 331 g/mol. The lowest BCUT2D eigenvalue weighted by molar-refractivity contribution is -0.274. The highest BCUT2D eigenvalue weighted by Crippen LogP contribution is 2.23. The Morgan fingerprint density at radius 1 is 1.35 bits per heavy atom. The molecule has 0 saturated carbocycles. The molecule has 1 atom stereocenters. The number of carbonyl (C=O) groups is 1. The van der Waals surface area contributed by atoms with Gasteiger partial charge in [0.2, 0.25) is 0 Å². The Balaban J connectivity index is 2.54. The fourth-order valence-corrected chi connectivity index (χ4v) is 1.86. The maximum Gasteiger partial charge on any atom is 0.573 e. The molecule has 0 bridgehead atoms. The molecule has 0 saturated heterocycles. The maximum atomic E-state index is 12.1. The van der Waals surface area contributed by atoms with Crippen LogP contribution in [0.4, 0.5) is 13.2 Å². The highest BCUT2D eigenvalue weighted by Gasteiger charge is 2.31. The molecule has 4 nitrogen and oxygen atoms in total. The van der Waals surface area contributed by atoms with E-state index >= 15 is 0 Å². The second-order valence-electron chi connectivity index (χ2n) is 4.98. The Labute approximate surface area is 133 Å². The standard InChI is InChI=1S/C16H20F3NO3/c1-4-5-10-22-12(2)15(21)20(3)11-13-6-8-14(9-7-13)23-16(17,18)19/h4,6-9,12H,1,5,10-11H2,2-3H3. The quantitative estimate of drug-likeness (QED) is 0.540. The third-order valence-electron chi connectivity index (χ3n) is 2.99. The van der Waals surface area contributed by atoms with Crippen LogP contribution in [0.2, 0.25) is 0 Å². The van der Waals surface area contributed by atoms with Crippen LogP contribution in [0.3, 0.4) is 0 Å². The van der Waals surface area contributed by atoms with Crippen LogP contribution < -0.4 is 4.74 Å². The molecule has 1 aromatic carbocycles. The minimum absolute atomic E-state index is 0.204. The van der Waals surface area contributed by atoms with Crippen LogP contribution in [0, 0.1) is 0 Å². The summed E-state index contributed by atoms with van der Waals surface area (Å²) in [6, 6.07) is 5.39. The van der Waals surface area contributed by atoms with E-state index in [4.69, 9.17) is 4.74 Å². The zero-order valence-corrected chi connectivity index (χ0v) is 13.1. The van der Waals surface area contributed by atoms with Crippen LogP contribution in [0.25, 0.3) is 0 Å². The molecule has 1 aromatic rings. The van der Waals surface area contributed by atoms with Crippen LogP contribution in [0.5, 0.6) is 5.75 Å². The zero-order chi connectivity index (χ0) is 17.5. The SMILES string of the molecule is C=CCCOC(C)C(=O)N(C)Cc1ccc(OC(F)(F)F)cc1. The largest absolute Gasteiger partial charge is 0.573 e. The fraction of sp³-hybridized carbons (Fsp3) is 0.438. The third kappa shape index (κ3) is 7.19. The number of likely N-dealkylation sites (N-methyl/N-ethyl adjacent to an activating group) is 1. The van der Waals surface area contributed by atoms with E-state index in [9.17, 15) is 18.0 Å². The van der Waals surface area contributed by atoms with Crippen molar-refractivity contribution in [2.45, 2.75) is 32.4 Å². The molecule has 0 aliphatic heterocycles. The lowest BCUT2D eigenvalue weighted by atomic mass is 10.2. The maximum absolute atomic E-state index is 12.1. The lowest BCUT2D eigenvalue weighted by Gasteiger charge is -2.21. The first-order valence-corrected chi connectivity index (χ1v) is 7.05. The third-order valence-corrected chi connectivity index (χ3v) is 2.99. The van der Waals surface area contributed by atoms with E-state index in [1.165, 1.54) is 29.2 Å². The van der Waals surface area contributed by atoms with Crippen molar-refractivity contribution >= 4 is 5.91 Å². The number of alkyl halides is 3. The van der Waals surface area contributed by atoms with Gasteiger partial charge in [-0.1, -0.05) is 18.2 Å². The van der Waals surface area contributed by atoms with E-state index in [1.54, 1.807) is 20.0 Å². The first-order valence-electron chi connectivity index (χ1n) is 7.05. The van der Waals surface area contributed by atoms with Gasteiger partial charge in [0, 0.05) is 13.6 Å². The minimum Gasteiger partial charge on any atom is -0.406 e.